The molecule has 140 valence electrons. The van der Waals surface area contributed by atoms with E-state index in [-0.39, 0.29) is 5.91 Å². The molecule has 0 radical (unpaired) electrons. The van der Waals surface area contributed by atoms with Crippen LogP contribution < -0.4 is 10.1 Å². The summed E-state index contributed by atoms with van der Waals surface area (Å²) in [6.45, 7) is 0.544. The first kappa shape index (κ1) is 17.9. The van der Waals surface area contributed by atoms with Crippen LogP contribution in [0.25, 0.3) is 11.4 Å². The van der Waals surface area contributed by atoms with Gasteiger partial charge in [0.05, 0.1) is 19.2 Å². The summed E-state index contributed by atoms with van der Waals surface area (Å²) in [6.07, 6.45) is 3.34. The third-order valence-corrected chi connectivity index (χ3v) is 4.93. The number of pyridine rings is 1. The molecule has 0 unspecified atom stereocenters. The Morgan fingerprint density at radius 2 is 2.07 bits per heavy atom. The van der Waals surface area contributed by atoms with Gasteiger partial charge in [-0.2, -0.15) is 9.67 Å². The molecule has 28 heavy (non-hydrogen) atoms. The number of nitrogens with zero attached hydrogens (tertiary/aromatic N) is 4. The summed E-state index contributed by atoms with van der Waals surface area (Å²) in [7, 11) is 1.53. The molecule has 1 aromatic carbocycles. The van der Waals surface area contributed by atoms with Crippen molar-refractivity contribution in [3.8, 4) is 17.1 Å². The van der Waals surface area contributed by atoms with Gasteiger partial charge in [-0.15, -0.1) is 16.4 Å². The van der Waals surface area contributed by atoms with Crippen molar-refractivity contribution >= 4 is 23.2 Å². The second kappa shape index (κ2) is 8.01. The maximum Gasteiger partial charge on any atom is 0.285 e. The van der Waals surface area contributed by atoms with E-state index in [0.29, 0.717) is 29.6 Å². The number of carbonyl (C=O) groups excluding carboxylic acids is 1. The van der Waals surface area contributed by atoms with Gasteiger partial charge in [-0.3, -0.25) is 9.78 Å². The first-order valence-corrected chi connectivity index (χ1v) is 9.45. The SMILES string of the molecule is COc1ccccc1C(=O)n1nc(-c2cccnc2)nc1NCc1cccs1. The molecular weight excluding hydrogens is 374 g/mol. The Kier molecular flexibility index (Phi) is 5.11. The van der Waals surface area contributed by atoms with Crippen LogP contribution in [0.5, 0.6) is 5.75 Å². The third-order valence-electron chi connectivity index (χ3n) is 4.06. The number of hydrogen-bond donors (Lipinski definition) is 1. The highest BCUT2D eigenvalue weighted by molar-refractivity contribution is 7.09. The summed E-state index contributed by atoms with van der Waals surface area (Å²) in [6, 6.07) is 14.7. The van der Waals surface area contributed by atoms with Crippen LogP contribution in [0.2, 0.25) is 0 Å². The average molecular weight is 391 g/mol. The molecule has 0 aliphatic carbocycles. The molecule has 0 atom stereocenters. The first-order valence-electron chi connectivity index (χ1n) is 8.57. The van der Waals surface area contributed by atoms with E-state index in [1.807, 2.05) is 29.6 Å². The van der Waals surface area contributed by atoms with E-state index in [9.17, 15) is 4.79 Å². The molecule has 0 saturated heterocycles. The number of anilines is 1. The predicted molar refractivity (Wildman–Crippen MR) is 108 cm³/mol. The molecule has 7 nitrogen and oxygen atoms in total. The molecule has 0 saturated carbocycles. The zero-order valence-corrected chi connectivity index (χ0v) is 15.9. The average Bonchev–Trinajstić information content (AvgIpc) is 3.42. The van der Waals surface area contributed by atoms with Gasteiger partial charge in [-0.1, -0.05) is 18.2 Å². The van der Waals surface area contributed by atoms with Crippen LogP contribution in [0, 0.1) is 0 Å². The number of thiophene rings is 1. The molecule has 0 spiro atoms. The lowest BCUT2D eigenvalue weighted by Crippen LogP contribution is -2.18. The topological polar surface area (TPSA) is 81.9 Å². The predicted octanol–water partition coefficient (Wildman–Crippen LogP) is 3.71. The summed E-state index contributed by atoms with van der Waals surface area (Å²) < 4.78 is 6.60. The van der Waals surface area contributed by atoms with Crippen molar-refractivity contribution in [1.29, 1.82) is 0 Å². The van der Waals surface area contributed by atoms with Crippen molar-refractivity contribution in [3.63, 3.8) is 0 Å². The summed E-state index contributed by atoms with van der Waals surface area (Å²) in [5.74, 6) is 0.942. The van der Waals surface area contributed by atoms with Crippen LogP contribution in [0.15, 0.2) is 66.3 Å². The lowest BCUT2D eigenvalue weighted by atomic mass is 10.2. The van der Waals surface area contributed by atoms with Crippen LogP contribution in [-0.2, 0) is 6.54 Å². The summed E-state index contributed by atoms with van der Waals surface area (Å²) in [4.78, 5) is 22.9. The largest absolute Gasteiger partial charge is 0.496 e. The molecule has 0 bridgehead atoms. The number of rotatable bonds is 6. The highest BCUT2D eigenvalue weighted by atomic mass is 32.1. The van der Waals surface area contributed by atoms with Gasteiger partial charge >= 0.3 is 0 Å². The lowest BCUT2D eigenvalue weighted by Gasteiger charge is -2.09. The van der Waals surface area contributed by atoms with Crippen molar-refractivity contribution < 1.29 is 9.53 Å². The second-order valence-electron chi connectivity index (χ2n) is 5.85. The van der Waals surface area contributed by atoms with Crippen LogP contribution in [0.1, 0.15) is 15.2 Å². The van der Waals surface area contributed by atoms with E-state index in [1.54, 1.807) is 48.0 Å². The van der Waals surface area contributed by atoms with Gasteiger partial charge in [0.2, 0.25) is 5.95 Å². The van der Waals surface area contributed by atoms with Gasteiger partial charge < -0.3 is 10.1 Å². The highest BCUT2D eigenvalue weighted by Gasteiger charge is 2.21. The van der Waals surface area contributed by atoms with Crippen molar-refractivity contribution in [3.05, 3.63) is 76.7 Å². The normalized spacial score (nSPS) is 10.6. The molecular formula is C20H17N5O2S. The fourth-order valence-corrected chi connectivity index (χ4v) is 3.34. The van der Waals surface area contributed by atoms with Crippen molar-refractivity contribution in [2.75, 3.05) is 12.4 Å². The number of hydrogen-bond acceptors (Lipinski definition) is 7. The van der Waals surface area contributed by atoms with Crippen molar-refractivity contribution in [1.82, 2.24) is 19.7 Å². The van der Waals surface area contributed by atoms with Gasteiger partial charge in [0.25, 0.3) is 5.91 Å². The first-order chi connectivity index (χ1) is 13.8. The van der Waals surface area contributed by atoms with Crippen molar-refractivity contribution in [2.24, 2.45) is 0 Å². The molecule has 4 rings (SSSR count). The highest BCUT2D eigenvalue weighted by Crippen LogP contribution is 2.23. The number of methoxy groups -OCH3 is 1. The summed E-state index contributed by atoms with van der Waals surface area (Å²) >= 11 is 1.63. The van der Waals surface area contributed by atoms with E-state index >= 15 is 0 Å². The van der Waals surface area contributed by atoms with E-state index in [2.05, 4.69) is 20.4 Å². The molecule has 0 amide bonds. The molecule has 4 aromatic rings. The number of ether oxygens (including phenoxy) is 1. The third kappa shape index (κ3) is 3.63. The van der Waals surface area contributed by atoms with E-state index in [1.165, 1.54) is 11.8 Å². The number of benzene rings is 1. The van der Waals surface area contributed by atoms with Crippen LogP contribution >= 0.6 is 11.3 Å². The minimum Gasteiger partial charge on any atom is -0.496 e. The quantitative estimate of drug-likeness (QED) is 0.540. The monoisotopic (exact) mass is 391 g/mol. The molecule has 8 heteroatoms. The molecule has 0 aliphatic heterocycles. The van der Waals surface area contributed by atoms with Crippen LogP contribution in [0.3, 0.4) is 0 Å². The van der Waals surface area contributed by atoms with Crippen LogP contribution in [-0.4, -0.2) is 32.8 Å². The van der Waals surface area contributed by atoms with Crippen LogP contribution in [0.4, 0.5) is 5.95 Å². The Hall–Kier alpha value is -3.52. The van der Waals surface area contributed by atoms with E-state index in [0.717, 1.165) is 10.4 Å². The van der Waals surface area contributed by atoms with E-state index in [4.69, 9.17) is 4.74 Å². The number of carbonyl (C=O) groups is 1. The maximum atomic E-state index is 13.2. The van der Waals surface area contributed by atoms with Gasteiger partial charge in [0, 0.05) is 22.8 Å². The maximum absolute atomic E-state index is 13.2. The Balaban J connectivity index is 1.73. The smallest absolute Gasteiger partial charge is 0.285 e. The van der Waals surface area contributed by atoms with Gasteiger partial charge in [-0.25, -0.2) is 0 Å². The summed E-state index contributed by atoms with van der Waals surface area (Å²) in [5.41, 5.74) is 1.14. The second-order valence-corrected chi connectivity index (χ2v) is 6.88. The minimum absolute atomic E-state index is 0.325. The van der Waals surface area contributed by atoms with Gasteiger partial charge in [0.1, 0.15) is 5.75 Å². The molecule has 1 N–H and O–H groups in total. The van der Waals surface area contributed by atoms with Gasteiger partial charge in [0.15, 0.2) is 5.82 Å². The Labute approximate surface area is 165 Å². The Morgan fingerprint density at radius 3 is 2.82 bits per heavy atom. The van der Waals surface area contributed by atoms with Gasteiger partial charge in [-0.05, 0) is 35.7 Å². The molecule has 3 aromatic heterocycles. The number of nitrogens with one attached hydrogen (secondary N) is 1. The number of para-hydroxylation sites is 1. The zero-order chi connectivity index (χ0) is 19.3. The molecule has 3 heterocycles. The standard InChI is InChI=1S/C20H17N5O2S/c1-27-17-9-3-2-8-16(17)19(26)25-20(22-13-15-7-5-11-28-15)23-18(24-25)14-6-4-10-21-12-14/h2-12H,13H2,1H3,(H,22,23,24). The lowest BCUT2D eigenvalue weighted by molar-refractivity contribution is 0.0944. The molecule has 0 fully saturated rings. The van der Waals surface area contributed by atoms with Crippen molar-refractivity contribution in [2.45, 2.75) is 6.54 Å². The fourth-order valence-electron chi connectivity index (χ4n) is 2.70. The fraction of sp³-hybridized carbons (Fsp3) is 0.100. The summed E-state index contributed by atoms with van der Waals surface area (Å²) in [5, 5.41) is 9.65. The minimum atomic E-state index is -0.325. The van der Waals surface area contributed by atoms with E-state index < -0.39 is 0 Å². The Morgan fingerprint density at radius 1 is 1.18 bits per heavy atom. The Bertz CT molecular complexity index is 1080. The number of aromatic nitrogens is 4. The zero-order valence-electron chi connectivity index (χ0n) is 15.1. The molecule has 0 aliphatic rings.